The normalized spacial score (nSPS) is 10.0. The third-order valence-electron chi connectivity index (χ3n) is 2.41. The number of nitrogens with one attached hydrogen (secondary N) is 2. The molecule has 0 aliphatic carbocycles. The van der Waals surface area contributed by atoms with Gasteiger partial charge in [0.25, 0.3) is 0 Å². The number of ether oxygens (including phenoxy) is 2. The zero-order chi connectivity index (χ0) is 14.6. The number of hydrogen-bond donors (Lipinski definition) is 2. The topological polar surface area (TPSA) is 81.2 Å². The molecular weight excluding hydrogens is 301 g/mol. The molecule has 9 heteroatoms. The quantitative estimate of drug-likeness (QED) is 0.356. The predicted molar refractivity (Wildman–Crippen MR) is 87.3 cm³/mol. The number of hydrogen-bond acceptors (Lipinski definition) is 8. The van der Waals surface area contributed by atoms with Crippen molar-refractivity contribution in [3.63, 3.8) is 0 Å². The first-order valence-electron chi connectivity index (χ1n) is 6.55. The van der Waals surface area contributed by atoms with Gasteiger partial charge < -0.3 is 20.1 Å². The minimum absolute atomic E-state index is 0. The van der Waals surface area contributed by atoms with Gasteiger partial charge in [-0.25, -0.2) is 0 Å². The maximum Gasteiger partial charge on any atom is 0.228 e. The van der Waals surface area contributed by atoms with Crippen LogP contribution in [-0.2, 0) is 9.47 Å². The van der Waals surface area contributed by atoms with E-state index in [0.29, 0.717) is 17.1 Å². The Bertz CT molecular complexity index is 356. The molecule has 1 heterocycles. The van der Waals surface area contributed by atoms with Crippen molar-refractivity contribution in [2.75, 3.05) is 57.4 Å². The molecule has 0 spiro atoms. The molecule has 0 bridgehead atoms. The smallest absolute Gasteiger partial charge is 0.228 e. The molecule has 115 valence electrons. The van der Waals surface area contributed by atoms with E-state index in [-0.39, 0.29) is 29.6 Å². The van der Waals surface area contributed by atoms with Gasteiger partial charge in [0.2, 0.25) is 11.9 Å². The Labute approximate surface area is 152 Å². The van der Waals surface area contributed by atoms with Gasteiger partial charge in [-0.1, -0.05) is 11.8 Å². The van der Waals surface area contributed by atoms with Crippen LogP contribution < -0.4 is 10.6 Å². The van der Waals surface area contributed by atoms with Crippen molar-refractivity contribution in [1.82, 2.24) is 15.0 Å². The van der Waals surface area contributed by atoms with E-state index in [1.165, 1.54) is 11.8 Å². The molecule has 0 atom stereocenters. The van der Waals surface area contributed by atoms with Crippen LogP contribution >= 0.6 is 11.8 Å². The van der Waals surface area contributed by atoms with Crippen LogP contribution in [-0.4, -0.2) is 91.3 Å². The van der Waals surface area contributed by atoms with Gasteiger partial charge >= 0.3 is 0 Å². The molecule has 0 aromatic carbocycles. The van der Waals surface area contributed by atoms with Crippen molar-refractivity contribution >= 4 is 53.2 Å². The van der Waals surface area contributed by atoms with Crippen molar-refractivity contribution in [1.29, 1.82) is 0 Å². The SMILES string of the molecule is COCCCNc1nc(NCCCOC)nc(SC)n1.[Na]. The number of methoxy groups -OCH3 is 2. The Kier molecular flexibility index (Phi) is 13.5. The Hall–Kier alpha value is -0.120. The van der Waals surface area contributed by atoms with Crippen LogP contribution in [0, 0.1) is 0 Å². The standard InChI is InChI=1S/C12H23N5O2S.Na/c1-18-8-4-6-13-10-15-11(14-7-5-9-19-2)17-12(16-10)20-3;/h4-9H2,1-3H3,(H2,13,14,15,16,17);. The van der Waals surface area contributed by atoms with Gasteiger partial charge in [-0.2, -0.15) is 15.0 Å². The second kappa shape index (κ2) is 13.5. The Morgan fingerprint density at radius 2 is 1.38 bits per heavy atom. The first-order valence-corrected chi connectivity index (χ1v) is 7.78. The summed E-state index contributed by atoms with van der Waals surface area (Å²) >= 11 is 1.49. The largest absolute Gasteiger partial charge is 0.385 e. The molecule has 21 heavy (non-hydrogen) atoms. The van der Waals surface area contributed by atoms with Crippen LogP contribution in [0.5, 0.6) is 0 Å². The summed E-state index contributed by atoms with van der Waals surface area (Å²) in [7, 11) is 3.38. The van der Waals surface area contributed by atoms with Gasteiger partial charge in [0.05, 0.1) is 0 Å². The first-order chi connectivity index (χ1) is 9.80. The molecule has 0 saturated heterocycles. The summed E-state index contributed by atoms with van der Waals surface area (Å²) in [6.07, 6.45) is 3.76. The maximum absolute atomic E-state index is 5.00. The molecule has 1 aromatic heterocycles. The molecule has 0 saturated carbocycles. The molecule has 0 fully saturated rings. The van der Waals surface area contributed by atoms with E-state index < -0.39 is 0 Å². The van der Waals surface area contributed by atoms with Crippen LogP contribution in [0.25, 0.3) is 0 Å². The van der Waals surface area contributed by atoms with Crippen LogP contribution in [0.4, 0.5) is 11.9 Å². The molecule has 1 rings (SSSR count). The van der Waals surface area contributed by atoms with Crippen molar-refractivity contribution in [3.05, 3.63) is 0 Å². The van der Waals surface area contributed by atoms with E-state index >= 15 is 0 Å². The summed E-state index contributed by atoms with van der Waals surface area (Å²) < 4.78 is 10.0. The fourth-order valence-electron chi connectivity index (χ4n) is 1.44. The van der Waals surface area contributed by atoms with Crippen LogP contribution in [0.15, 0.2) is 5.16 Å². The minimum atomic E-state index is 0. The van der Waals surface area contributed by atoms with Gasteiger partial charge in [0.1, 0.15) is 0 Å². The van der Waals surface area contributed by atoms with Gasteiger partial charge in [-0.15, -0.1) is 0 Å². The molecule has 1 radical (unpaired) electrons. The van der Waals surface area contributed by atoms with Gasteiger partial charge in [-0.3, -0.25) is 0 Å². The summed E-state index contributed by atoms with van der Waals surface area (Å²) in [5, 5.41) is 7.05. The summed E-state index contributed by atoms with van der Waals surface area (Å²) in [5.74, 6) is 1.18. The zero-order valence-corrected chi connectivity index (χ0v) is 16.1. The van der Waals surface area contributed by atoms with Gasteiger partial charge in [0.15, 0.2) is 5.16 Å². The Balaban J connectivity index is 0.00000400. The fraction of sp³-hybridized carbons (Fsp3) is 0.750. The van der Waals surface area contributed by atoms with Crippen LogP contribution in [0.3, 0.4) is 0 Å². The van der Waals surface area contributed by atoms with Crippen molar-refractivity contribution in [2.24, 2.45) is 0 Å². The van der Waals surface area contributed by atoms with Crippen molar-refractivity contribution < 1.29 is 9.47 Å². The molecule has 0 aliphatic heterocycles. The third-order valence-corrected chi connectivity index (χ3v) is 2.96. The number of anilines is 2. The monoisotopic (exact) mass is 324 g/mol. The number of nitrogens with zero attached hydrogens (tertiary/aromatic N) is 3. The Morgan fingerprint density at radius 3 is 1.76 bits per heavy atom. The Morgan fingerprint density at radius 1 is 0.905 bits per heavy atom. The average Bonchev–Trinajstić information content (AvgIpc) is 2.48. The van der Waals surface area contributed by atoms with Gasteiger partial charge in [-0.05, 0) is 19.1 Å². The van der Waals surface area contributed by atoms with Crippen molar-refractivity contribution in [2.45, 2.75) is 18.0 Å². The van der Waals surface area contributed by atoms with E-state index in [4.69, 9.17) is 9.47 Å². The van der Waals surface area contributed by atoms with E-state index in [9.17, 15) is 0 Å². The molecule has 2 N–H and O–H groups in total. The van der Waals surface area contributed by atoms with Gasteiger partial charge in [0, 0.05) is 70.1 Å². The van der Waals surface area contributed by atoms with E-state index in [1.54, 1.807) is 14.2 Å². The molecular formula is C12H23N5NaO2S. The van der Waals surface area contributed by atoms with Crippen molar-refractivity contribution in [3.8, 4) is 0 Å². The molecule has 7 nitrogen and oxygen atoms in total. The fourth-order valence-corrected chi connectivity index (χ4v) is 1.79. The predicted octanol–water partition coefficient (Wildman–Crippen LogP) is 1.11. The van der Waals surface area contributed by atoms with Crippen LogP contribution in [0.2, 0.25) is 0 Å². The molecule has 0 unspecified atom stereocenters. The summed E-state index contributed by atoms with van der Waals surface area (Å²) in [5.41, 5.74) is 0. The molecule has 1 aromatic rings. The minimum Gasteiger partial charge on any atom is -0.385 e. The summed E-state index contributed by atoms with van der Waals surface area (Å²) in [4.78, 5) is 13.0. The number of thioether (sulfide) groups is 1. The molecule has 0 amide bonds. The first kappa shape index (κ1) is 20.9. The zero-order valence-electron chi connectivity index (χ0n) is 13.3. The average molecular weight is 324 g/mol. The summed E-state index contributed by atoms with van der Waals surface area (Å²) in [6.45, 7) is 2.98. The summed E-state index contributed by atoms with van der Waals surface area (Å²) in [6, 6.07) is 0. The molecule has 0 aliphatic rings. The van der Waals surface area contributed by atoms with Crippen LogP contribution in [0.1, 0.15) is 12.8 Å². The van der Waals surface area contributed by atoms with E-state index in [2.05, 4.69) is 25.6 Å². The van der Waals surface area contributed by atoms with E-state index in [1.807, 2.05) is 6.26 Å². The third kappa shape index (κ3) is 9.49. The second-order valence-corrected chi connectivity index (χ2v) is 4.79. The number of aromatic nitrogens is 3. The maximum atomic E-state index is 5.00. The number of rotatable bonds is 11. The van der Waals surface area contributed by atoms with E-state index in [0.717, 1.165) is 39.1 Å². The second-order valence-electron chi connectivity index (χ2n) is 4.02.